The molecule has 1 aliphatic carbocycles. The molecule has 7 nitrogen and oxygen atoms in total. The largest absolute Gasteiger partial charge is 0.455 e. The third kappa shape index (κ3) is 6.55. The lowest BCUT2D eigenvalue weighted by molar-refractivity contribution is -0.497. The normalized spacial score (nSPS) is 21.7. The molecule has 1 fully saturated rings. The maximum Gasteiger partial charge on any atom is 0.316 e. The number of ether oxygens (including phenoxy) is 1. The molecule has 0 spiro atoms. The topological polar surface area (TPSA) is 98.5 Å². The first-order valence-electron chi connectivity index (χ1n) is 7.40. The summed E-state index contributed by atoms with van der Waals surface area (Å²) in [5.41, 5.74) is 0. The average Bonchev–Trinajstić information content (AvgIpc) is 3.15. The van der Waals surface area contributed by atoms with E-state index in [2.05, 4.69) is 19.2 Å². The van der Waals surface area contributed by atoms with Gasteiger partial charge in [-0.25, -0.2) is 0 Å². The molecular formula is C14H24N2O5. The lowest BCUT2D eigenvalue weighted by Crippen LogP contribution is -2.36. The van der Waals surface area contributed by atoms with Gasteiger partial charge in [-0.05, 0) is 19.3 Å². The van der Waals surface area contributed by atoms with Crippen molar-refractivity contribution in [2.45, 2.75) is 58.5 Å². The highest BCUT2D eigenvalue weighted by atomic mass is 16.6. The summed E-state index contributed by atoms with van der Waals surface area (Å²) >= 11 is 0. The Balaban J connectivity index is 2.13. The number of hydrogen-bond acceptors (Lipinski definition) is 5. The fourth-order valence-electron chi connectivity index (χ4n) is 2.13. The Morgan fingerprint density at radius 2 is 2.00 bits per heavy atom. The van der Waals surface area contributed by atoms with Gasteiger partial charge in [-0.2, -0.15) is 0 Å². The molecule has 1 rings (SSSR count). The molecule has 0 saturated heterocycles. The predicted molar refractivity (Wildman–Crippen MR) is 76.1 cm³/mol. The quantitative estimate of drug-likeness (QED) is 0.395. The Bertz CT molecular complexity index is 397. The molecule has 3 unspecified atom stereocenters. The van der Waals surface area contributed by atoms with Crippen LogP contribution in [0.5, 0.6) is 0 Å². The molecular weight excluding hydrogens is 276 g/mol. The van der Waals surface area contributed by atoms with Crippen molar-refractivity contribution in [3.05, 3.63) is 10.1 Å². The van der Waals surface area contributed by atoms with Crippen LogP contribution in [0.1, 0.15) is 46.5 Å². The van der Waals surface area contributed by atoms with Gasteiger partial charge in [0, 0.05) is 17.4 Å². The number of nitrogens with zero attached hydrogens (tertiary/aromatic N) is 1. The molecule has 3 atom stereocenters. The molecule has 120 valence electrons. The van der Waals surface area contributed by atoms with Crippen molar-refractivity contribution in [2.24, 2.45) is 11.8 Å². The van der Waals surface area contributed by atoms with E-state index in [1.54, 1.807) is 0 Å². The van der Waals surface area contributed by atoms with Crippen LogP contribution in [0.25, 0.3) is 0 Å². The number of hydrogen-bond donors (Lipinski definition) is 1. The van der Waals surface area contributed by atoms with Crippen molar-refractivity contribution >= 4 is 11.9 Å². The van der Waals surface area contributed by atoms with Gasteiger partial charge in [0.1, 0.15) is 5.92 Å². The average molecular weight is 300 g/mol. The summed E-state index contributed by atoms with van der Waals surface area (Å²) < 4.78 is 4.80. The van der Waals surface area contributed by atoms with Crippen molar-refractivity contribution < 1.29 is 19.2 Å². The second-order valence-corrected chi connectivity index (χ2v) is 6.10. The number of rotatable bonds is 9. The van der Waals surface area contributed by atoms with Gasteiger partial charge in [0.25, 0.3) is 5.91 Å². The van der Waals surface area contributed by atoms with E-state index in [1.165, 1.54) is 0 Å². The van der Waals surface area contributed by atoms with E-state index >= 15 is 0 Å². The Hall–Kier alpha value is -1.66. The summed E-state index contributed by atoms with van der Waals surface area (Å²) in [6.45, 7) is 5.84. The molecule has 0 heterocycles. The van der Waals surface area contributed by atoms with E-state index in [1.807, 2.05) is 6.92 Å². The van der Waals surface area contributed by atoms with Crippen LogP contribution in [0.3, 0.4) is 0 Å². The molecule has 0 radical (unpaired) electrons. The van der Waals surface area contributed by atoms with Gasteiger partial charge in [-0.15, -0.1) is 0 Å². The second kappa shape index (κ2) is 7.95. The number of carbonyl (C=O) groups is 2. The number of amides is 1. The number of carbonyl (C=O) groups excluding carboxylic acids is 2. The summed E-state index contributed by atoms with van der Waals surface area (Å²) in [6.07, 6.45) is 3.23. The maximum atomic E-state index is 11.6. The zero-order valence-corrected chi connectivity index (χ0v) is 12.8. The Morgan fingerprint density at radius 3 is 2.52 bits per heavy atom. The van der Waals surface area contributed by atoms with Crippen molar-refractivity contribution in [3.8, 4) is 0 Å². The number of esters is 1. The smallest absolute Gasteiger partial charge is 0.316 e. The molecule has 1 aliphatic rings. The van der Waals surface area contributed by atoms with Gasteiger partial charge >= 0.3 is 5.97 Å². The monoisotopic (exact) mass is 300 g/mol. The van der Waals surface area contributed by atoms with Crippen molar-refractivity contribution in [1.29, 1.82) is 0 Å². The van der Waals surface area contributed by atoms with E-state index in [0.29, 0.717) is 5.92 Å². The molecule has 0 bridgehead atoms. The van der Waals surface area contributed by atoms with Crippen LogP contribution in [0.4, 0.5) is 0 Å². The van der Waals surface area contributed by atoms with E-state index in [-0.39, 0.29) is 25.0 Å². The van der Waals surface area contributed by atoms with E-state index in [4.69, 9.17) is 4.74 Å². The molecule has 1 amide bonds. The minimum Gasteiger partial charge on any atom is -0.455 e. The summed E-state index contributed by atoms with van der Waals surface area (Å²) in [4.78, 5) is 33.0. The number of nitro groups is 1. The molecule has 1 saturated carbocycles. The van der Waals surface area contributed by atoms with Crippen LogP contribution in [-0.4, -0.2) is 35.5 Å². The summed E-state index contributed by atoms with van der Waals surface area (Å²) in [7, 11) is 0. The van der Waals surface area contributed by atoms with Gasteiger partial charge in [0.2, 0.25) is 6.04 Å². The Kier molecular flexibility index (Phi) is 6.58. The lowest BCUT2D eigenvalue weighted by atomic mass is 10.0. The van der Waals surface area contributed by atoms with Crippen LogP contribution in [0.2, 0.25) is 0 Å². The van der Waals surface area contributed by atoms with Crippen LogP contribution < -0.4 is 5.32 Å². The first-order valence-corrected chi connectivity index (χ1v) is 7.40. The van der Waals surface area contributed by atoms with Crippen LogP contribution in [0.15, 0.2) is 0 Å². The van der Waals surface area contributed by atoms with Gasteiger partial charge in [-0.1, -0.05) is 26.7 Å². The van der Waals surface area contributed by atoms with Crippen molar-refractivity contribution in [2.75, 3.05) is 6.61 Å². The predicted octanol–water partition coefficient (Wildman–Crippen LogP) is 1.53. The molecule has 7 heteroatoms. The third-order valence-corrected chi connectivity index (χ3v) is 3.50. The lowest BCUT2D eigenvalue weighted by Gasteiger charge is -2.14. The zero-order chi connectivity index (χ0) is 16.0. The number of nitrogens with one attached hydrogen (secondary N) is 1. The maximum absolute atomic E-state index is 11.6. The second-order valence-electron chi connectivity index (χ2n) is 6.10. The Labute approximate surface area is 124 Å². The van der Waals surface area contributed by atoms with Crippen molar-refractivity contribution in [3.63, 3.8) is 0 Å². The first kappa shape index (κ1) is 17.4. The standard InChI is InChI=1S/C14H24N2O5/c1-9(2)5-4-6-10(3)15-13(17)8-21-14(18)11-7-12(11)16(19)20/h9-12H,4-8H2,1-3H3,(H,15,17). The highest BCUT2D eigenvalue weighted by molar-refractivity contribution is 5.82. The van der Waals surface area contributed by atoms with E-state index in [9.17, 15) is 19.7 Å². The zero-order valence-electron chi connectivity index (χ0n) is 12.8. The molecule has 0 aromatic heterocycles. The van der Waals surface area contributed by atoms with Gasteiger partial charge in [0.05, 0.1) is 0 Å². The molecule has 0 aromatic carbocycles. The van der Waals surface area contributed by atoms with Crippen LogP contribution in [0, 0.1) is 22.0 Å². The molecule has 1 N–H and O–H groups in total. The Morgan fingerprint density at radius 1 is 1.33 bits per heavy atom. The SMILES string of the molecule is CC(C)CCCC(C)NC(=O)COC(=O)C1CC1[N+](=O)[O-]. The molecule has 0 aromatic rings. The van der Waals surface area contributed by atoms with E-state index in [0.717, 1.165) is 19.3 Å². The van der Waals surface area contributed by atoms with Gasteiger partial charge < -0.3 is 10.1 Å². The first-order chi connectivity index (χ1) is 9.81. The van der Waals surface area contributed by atoms with Crippen LogP contribution in [-0.2, 0) is 14.3 Å². The summed E-state index contributed by atoms with van der Waals surface area (Å²) in [5, 5.41) is 13.2. The van der Waals surface area contributed by atoms with Crippen molar-refractivity contribution in [1.82, 2.24) is 5.32 Å². The summed E-state index contributed by atoms with van der Waals surface area (Å²) in [6, 6.07) is -0.807. The fraction of sp³-hybridized carbons (Fsp3) is 0.857. The van der Waals surface area contributed by atoms with Gasteiger partial charge in [0.15, 0.2) is 6.61 Å². The van der Waals surface area contributed by atoms with E-state index < -0.39 is 22.9 Å². The third-order valence-electron chi connectivity index (χ3n) is 3.50. The molecule has 21 heavy (non-hydrogen) atoms. The van der Waals surface area contributed by atoms with Crippen LogP contribution >= 0.6 is 0 Å². The summed E-state index contributed by atoms with van der Waals surface area (Å²) in [5.74, 6) is -1.06. The van der Waals surface area contributed by atoms with Gasteiger partial charge in [-0.3, -0.25) is 19.7 Å². The highest BCUT2D eigenvalue weighted by Gasteiger charge is 2.54. The fourth-order valence-corrected chi connectivity index (χ4v) is 2.13. The highest BCUT2D eigenvalue weighted by Crippen LogP contribution is 2.33. The molecule has 0 aliphatic heterocycles. The minimum absolute atomic E-state index is 0.0300. The minimum atomic E-state index is -0.837.